The molecule has 4 nitrogen and oxygen atoms in total. The number of hydrogen-bond donors (Lipinski definition) is 2. The van der Waals surface area contributed by atoms with Crippen molar-refractivity contribution in [3.8, 4) is 0 Å². The molecule has 1 amide bonds. The van der Waals surface area contributed by atoms with Crippen LogP contribution in [-0.2, 0) is 11.2 Å². The Morgan fingerprint density at radius 2 is 1.88 bits per heavy atom. The number of carbonyl (C=O) groups is 1. The SMILES string of the molecule is O=C(CSc1nccc2ccccc12)Nc1ccc(CCO)cc1. The van der Waals surface area contributed by atoms with Gasteiger partial charge < -0.3 is 10.4 Å². The van der Waals surface area contributed by atoms with Crippen molar-refractivity contribution in [2.24, 2.45) is 0 Å². The molecule has 0 bridgehead atoms. The van der Waals surface area contributed by atoms with Gasteiger partial charge >= 0.3 is 0 Å². The molecule has 0 saturated carbocycles. The quantitative estimate of drug-likeness (QED) is 0.675. The fourth-order valence-corrected chi connectivity index (χ4v) is 3.24. The summed E-state index contributed by atoms with van der Waals surface area (Å²) in [6, 6.07) is 17.5. The first-order chi connectivity index (χ1) is 11.8. The van der Waals surface area contributed by atoms with Crippen LogP contribution in [0.25, 0.3) is 10.8 Å². The number of amides is 1. The van der Waals surface area contributed by atoms with Gasteiger partial charge in [-0.05, 0) is 35.6 Å². The fraction of sp³-hybridized carbons (Fsp3) is 0.158. The van der Waals surface area contributed by atoms with Crippen molar-refractivity contribution in [1.29, 1.82) is 0 Å². The maximum absolute atomic E-state index is 12.1. The molecule has 3 aromatic rings. The molecule has 24 heavy (non-hydrogen) atoms. The molecule has 1 heterocycles. The van der Waals surface area contributed by atoms with Gasteiger partial charge in [0.1, 0.15) is 5.03 Å². The van der Waals surface area contributed by atoms with Gasteiger partial charge in [-0.15, -0.1) is 0 Å². The lowest BCUT2D eigenvalue weighted by atomic mass is 10.1. The van der Waals surface area contributed by atoms with E-state index in [1.54, 1.807) is 6.20 Å². The van der Waals surface area contributed by atoms with Gasteiger partial charge in [0.25, 0.3) is 0 Å². The van der Waals surface area contributed by atoms with E-state index in [1.165, 1.54) is 11.8 Å². The summed E-state index contributed by atoms with van der Waals surface area (Å²) in [6.45, 7) is 0.125. The number of aliphatic hydroxyl groups is 1. The smallest absolute Gasteiger partial charge is 0.234 e. The molecule has 0 fully saturated rings. The van der Waals surface area contributed by atoms with Crippen LogP contribution in [0.5, 0.6) is 0 Å². The fourth-order valence-electron chi connectivity index (χ4n) is 2.42. The molecule has 0 aliphatic carbocycles. The zero-order valence-electron chi connectivity index (χ0n) is 13.1. The molecule has 0 radical (unpaired) electrons. The highest BCUT2D eigenvalue weighted by Gasteiger charge is 2.07. The number of hydrogen-bond acceptors (Lipinski definition) is 4. The van der Waals surface area contributed by atoms with Crippen LogP contribution in [-0.4, -0.2) is 28.4 Å². The Balaban J connectivity index is 1.60. The average molecular weight is 338 g/mol. The zero-order chi connectivity index (χ0) is 16.8. The molecule has 0 atom stereocenters. The van der Waals surface area contributed by atoms with Crippen molar-refractivity contribution in [1.82, 2.24) is 4.98 Å². The largest absolute Gasteiger partial charge is 0.396 e. The predicted molar refractivity (Wildman–Crippen MR) is 98.3 cm³/mol. The van der Waals surface area contributed by atoms with Crippen molar-refractivity contribution in [3.05, 3.63) is 66.4 Å². The van der Waals surface area contributed by atoms with Crippen LogP contribution in [0.3, 0.4) is 0 Å². The Hall–Kier alpha value is -2.37. The molecule has 5 heteroatoms. The summed E-state index contributed by atoms with van der Waals surface area (Å²) >= 11 is 1.43. The second kappa shape index (κ2) is 7.95. The van der Waals surface area contributed by atoms with Crippen LogP contribution in [0, 0.1) is 0 Å². The van der Waals surface area contributed by atoms with Crippen molar-refractivity contribution in [2.75, 3.05) is 17.7 Å². The van der Waals surface area contributed by atoms with Crippen molar-refractivity contribution < 1.29 is 9.90 Å². The normalized spacial score (nSPS) is 10.7. The van der Waals surface area contributed by atoms with Crippen molar-refractivity contribution in [3.63, 3.8) is 0 Å². The third-order valence-corrected chi connectivity index (χ3v) is 4.62. The summed E-state index contributed by atoms with van der Waals surface area (Å²) in [5.74, 6) is 0.240. The number of anilines is 1. The second-order valence-electron chi connectivity index (χ2n) is 5.34. The van der Waals surface area contributed by atoms with Gasteiger partial charge in [0, 0.05) is 23.9 Å². The van der Waals surface area contributed by atoms with Gasteiger partial charge in [0.15, 0.2) is 0 Å². The summed E-state index contributed by atoms with van der Waals surface area (Å²) in [7, 11) is 0. The van der Waals surface area contributed by atoms with Gasteiger partial charge in [-0.3, -0.25) is 4.79 Å². The average Bonchev–Trinajstić information content (AvgIpc) is 2.62. The highest BCUT2D eigenvalue weighted by Crippen LogP contribution is 2.25. The topological polar surface area (TPSA) is 62.2 Å². The molecular weight excluding hydrogens is 320 g/mol. The first kappa shape index (κ1) is 16.5. The highest BCUT2D eigenvalue weighted by molar-refractivity contribution is 8.00. The van der Waals surface area contributed by atoms with Crippen LogP contribution in [0.4, 0.5) is 5.69 Å². The summed E-state index contributed by atoms with van der Waals surface area (Å²) in [5, 5.41) is 14.8. The number of rotatable bonds is 6. The van der Waals surface area contributed by atoms with E-state index in [0.29, 0.717) is 12.2 Å². The minimum atomic E-state index is -0.0651. The van der Waals surface area contributed by atoms with E-state index < -0.39 is 0 Å². The third kappa shape index (κ3) is 4.13. The van der Waals surface area contributed by atoms with E-state index >= 15 is 0 Å². The van der Waals surface area contributed by atoms with Gasteiger partial charge in [0.2, 0.25) is 5.91 Å². The van der Waals surface area contributed by atoms with Gasteiger partial charge in [-0.2, -0.15) is 0 Å². The second-order valence-corrected chi connectivity index (χ2v) is 6.31. The molecule has 2 N–H and O–H groups in total. The van der Waals surface area contributed by atoms with Gasteiger partial charge in [-0.25, -0.2) is 4.98 Å². The molecule has 122 valence electrons. The zero-order valence-corrected chi connectivity index (χ0v) is 13.9. The van der Waals surface area contributed by atoms with E-state index in [9.17, 15) is 4.79 Å². The Morgan fingerprint density at radius 3 is 2.67 bits per heavy atom. The highest BCUT2D eigenvalue weighted by atomic mass is 32.2. The molecule has 0 unspecified atom stereocenters. The number of carbonyl (C=O) groups excluding carboxylic acids is 1. The van der Waals surface area contributed by atoms with Crippen LogP contribution in [0.15, 0.2) is 65.8 Å². The van der Waals surface area contributed by atoms with Crippen molar-refractivity contribution >= 4 is 34.1 Å². The molecular formula is C19H18N2O2S. The summed E-state index contributed by atoms with van der Waals surface area (Å²) in [5.41, 5.74) is 1.80. The van der Waals surface area contributed by atoms with E-state index in [0.717, 1.165) is 27.0 Å². The number of aromatic nitrogens is 1. The Kier molecular flexibility index (Phi) is 5.46. The first-order valence-corrected chi connectivity index (χ1v) is 8.71. The Morgan fingerprint density at radius 1 is 1.08 bits per heavy atom. The monoisotopic (exact) mass is 338 g/mol. The number of nitrogens with zero attached hydrogens (tertiary/aromatic N) is 1. The maximum atomic E-state index is 12.1. The Labute approximate surface area is 144 Å². The number of pyridine rings is 1. The third-order valence-electron chi connectivity index (χ3n) is 3.62. The predicted octanol–water partition coefficient (Wildman–Crippen LogP) is 3.50. The summed E-state index contributed by atoms with van der Waals surface area (Å²) < 4.78 is 0. The van der Waals surface area contributed by atoms with Crippen molar-refractivity contribution in [2.45, 2.75) is 11.4 Å². The lowest BCUT2D eigenvalue weighted by molar-refractivity contribution is -0.113. The Bertz CT molecular complexity index is 829. The van der Waals surface area contributed by atoms with Crippen LogP contribution in [0.1, 0.15) is 5.56 Å². The molecule has 1 aromatic heterocycles. The van der Waals surface area contributed by atoms with Crippen LogP contribution < -0.4 is 5.32 Å². The number of aliphatic hydroxyl groups excluding tert-OH is 1. The number of nitrogens with one attached hydrogen (secondary N) is 1. The van der Waals surface area contributed by atoms with E-state index in [-0.39, 0.29) is 12.5 Å². The number of fused-ring (bicyclic) bond motifs is 1. The lowest BCUT2D eigenvalue weighted by Gasteiger charge is -2.07. The standard InChI is InChI=1S/C19H18N2O2S/c22-12-10-14-5-7-16(8-6-14)21-18(23)13-24-19-17-4-2-1-3-15(17)9-11-20-19/h1-9,11,22H,10,12-13H2,(H,21,23). The van der Waals surface area contributed by atoms with E-state index in [4.69, 9.17) is 5.11 Å². The minimum absolute atomic E-state index is 0.0651. The van der Waals surface area contributed by atoms with Gasteiger partial charge in [-0.1, -0.05) is 48.2 Å². The van der Waals surface area contributed by atoms with E-state index in [1.807, 2.05) is 54.6 Å². The molecule has 0 saturated heterocycles. The summed E-state index contributed by atoms with van der Waals surface area (Å²) in [6.07, 6.45) is 2.39. The minimum Gasteiger partial charge on any atom is -0.396 e. The molecule has 0 spiro atoms. The lowest BCUT2D eigenvalue weighted by Crippen LogP contribution is -2.14. The maximum Gasteiger partial charge on any atom is 0.234 e. The van der Waals surface area contributed by atoms with E-state index in [2.05, 4.69) is 10.3 Å². The molecule has 0 aliphatic heterocycles. The van der Waals surface area contributed by atoms with Crippen LogP contribution >= 0.6 is 11.8 Å². The summed E-state index contributed by atoms with van der Waals surface area (Å²) in [4.78, 5) is 16.5. The molecule has 3 rings (SSSR count). The van der Waals surface area contributed by atoms with Crippen LogP contribution in [0.2, 0.25) is 0 Å². The first-order valence-electron chi connectivity index (χ1n) is 7.72. The van der Waals surface area contributed by atoms with Gasteiger partial charge in [0.05, 0.1) is 5.75 Å². The molecule has 2 aromatic carbocycles. The number of thioether (sulfide) groups is 1. The molecule has 0 aliphatic rings. The number of benzene rings is 2.